The van der Waals surface area contributed by atoms with E-state index in [1.165, 1.54) is 5.56 Å². The minimum atomic E-state index is -0.214. The maximum absolute atomic E-state index is 12.2. The summed E-state index contributed by atoms with van der Waals surface area (Å²) in [6.45, 7) is 6.48. The summed E-state index contributed by atoms with van der Waals surface area (Å²) in [5.41, 5.74) is 3.13. The second-order valence-electron chi connectivity index (χ2n) is 5.27. The number of nitrogens with zero attached hydrogens (tertiary/aromatic N) is 3. The summed E-state index contributed by atoms with van der Waals surface area (Å²) in [7, 11) is 1.66. The van der Waals surface area contributed by atoms with E-state index in [2.05, 4.69) is 20.9 Å². The number of rotatable bonds is 8. The Morgan fingerprint density at radius 2 is 1.88 bits per heavy atom. The van der Waals surface area contributed by atoms with Crippen LogP contribution in [0.5, 0.6) is 0 Å². The number of methoxy groups -OCH3 is 1. The van der Waals surface area contributed by atoms with Crippen LogP contribution < -0.4 is 10.6 Å². The molecular formula is C16H24ClN5O2. The van der Waals surface area contributed by atoms with Crippen LogP contribution in [-0.2, 0) is 4.74 Å². The van der Waals surface area contributed by atoms with Crippen molar-refractivity contribution in [3.63, 3.8) is 0 Å². The van der Waals surface area contributed by atoms with E-state index in [0.29, 0.717) is 25.4 Å². The van der Waals surface area contributed by atoms with Crippen LogP contribution in [0.25, 0.3) is 5.69 Å². The van der Waals surface area contributed by atoms with Crippen LogP contribution in [0.15, 0.2) is 24.3 Å². The number of benzene rings is 1. The summed E-state index contributed by atoms with van der Waals surface area (Å²) in [5.74, 6) is -0.214. The van der Waals surface area contributed by atoms with Gasteiger partial charge in [0.05, 0.1) is 18.0 Å². The minimum absolute atomic E-state index is 0. The highest BCUT2D eigenvalue weighted by Crippen LogP contribution is 2.12. The summed E-state index contributed by atoms with van der Waals surface area (Å²) in [5, 5.41) is 14.1. The van der Waals surface area contributed by atoms with Gasteiger partial charge in [-0.25, -0.2) is 4.68 Å². The van der Waals surface area contributed by atoms with Gasteiger partial charge in [0.1, 0.15) is 0 Å². The van der Waals surface area contributed by atoms with E-state index in [4.69, 9.17) is 4.74 Å². The molecule has 7 nitrogen and oxygen atoms in total. The smallest absolute Gasteiger partial charge is 0.273 e. The maximum Gasteiger partial charge on any atom is 0.273 e. The Balaban J connectivity index is 0.00000288. The van der Waals surface area contributed by atoms with Gasteiger partial charge in [0, 0.05) is 26.7 Å². The molecule has 0 saturated carbocycles. The second-order valence-corrected chi connectivity index (χ2v) is 5.27. The summed E-state index contributed by atoms with van der Waals surface area (Å²) in [6, 6.07) is 7.92. The molecule has 0 radical (unpaired) electrons. The number of carbonyl (C=O) groups is 1. The van der Waals surface area contributed by atoms with Crippen molar-refractivity contribution in [1.29, 1.82) is 0 Å². The highest BCUT2D eigenvalue weighted by Gasteiger charge is 2.16. The summed E-state index contributed by atoms with van der Waals surface area (Å²) < 4.78 is 6.61. The van der Waals surface area contributed by atoms with Crippen molar-refractivity contribution in [3.8, 4) is 5.69 Å². The lowest BCUT2D eigenvalue weighted by atomic mass is 10.2. The van der Waals surface area contributed by atoms with Crippen molar-refractivity contribution in [2.75, 3.05) is 33.4 Å². The molecule has 0 fully saturated rings. The molecule has 0 unspecified atom stereocenters. The van der Waals surface area contributed by atoms with Crippen LogP contribution in [0.1, 0.15) is 21.7 Å². The average molecular weight is 354 g/mol. The molecule has 0 atom stereocenters. The molecule has 1 aromatic heterocycles. The fourth-order valence-electron chi connectivity index (χ4n) is 2.12. The fourth-order valence-corrected chi connectivity index (χ4v) is 2.12. The number of ether oxygens (including phenoxy) is 1. The van der Waals surface area contributed by atoms with E-state index in [1.54, 1.807) is 11.8 Å². The second kappa shape index (κ2) is 10.0. The molecule has 0 saturated heterocycles. The first-order valence-electron chi connectivity index (χ1n) is 7.60. The normalized spacial score (nSPS) is 10.3. The number of halogens is 1. The van der Waals surface area contributed by atoms with Gasteiger partial charge in [0.2, 0.25) is 0 Å². The lowest BCUT2D eigenvalue weighted by Crippen LogP contribution is -2.33. The number of hydrogen-bond acceptors (Lipinski definition) is 5. The van der Waals surface area contributed by atoms with Gasteiger partial charge in [-0.3, -0.25) is 4.79 Å². The number of aromatic nitrogens is 3. The Bertz CT molecular complexity index is 642. The third-order valence-electron chi connectivity index (χ3n) is 3.46. The molecule has 0 spiro atoms. The lowest BCUT2D eigenvalue weighted by Gasteiger charge is -2.06. The van der Waals surface area contributed by atoms with E-state index < -0.39 is 0 Å². The van der Waals surface area contributed by atoms with Crippen LogP contribution in [0.2, 0.25) is 0 Å². The zero-order valence-electron chi connectivity index (χ0n) is 14.2. The average Bonchev–Trinajstić information content (AvgIpc) is 2.93. The fraction of sp³-hybridized carbons (Fsp3) is 0.438. The number of amides is 1. The first-order valence-corrected chi connectivity index (χ1v) is 7.60. The molecular weight excluding hydrogens is 330 g/mol. The van der Waals surface area contributed by atoms with Gasteiger partial charge in [0.25, 0.3) is 5.91 Å². The molecule has 1 aromatic carbocycles. The highest BCUT2D eigenvalue weighted by molar-refractivity contribution is 5.93. The predicted octanol–water partition coefficient (Wildman–Crippen LogP) is 1.27. The molecule has 2 N–H and O–H groups in total. The van der Waals surface area contributed by atoms with Gasteiger partial charge >= 0.3 is 0 Å². The maximum atomic E-state index is 12.2. The molecule has 8 heteroatoms. The monoisotopic (exact) mass is 353 g/mol. The van der Waals surface area contributed by atoms with Crippen molar-refractivity contribution < 1.29 is 9.53 Å². The van der Waals surface area contributed by atoms with Crippen LogP contribution in [0.3, 0.4) is 0 Å². The molecule has 0 aliphatic carbocycles. The number of carbonyl (C=O) groups excluding carboxylic acids is 1. The summed E-state index contributed by atoms with van der Waals surface area (Å²) >= 11 is 0. The number of nitrogens with one attached hydrogen (secondary N) is 2. The largest absolute Gasteiger partial charge is 0.383 e. The van der Waals surface area contributed by atoms with E-state index in [0.717, 1.165) is 17.9 Å². The van der Waals surface area contributed by atoms with Gasteiger partial charge in [-0.15, -0.1) is 17.5 Å². The topological polar surface area (TPSA) is 81.1 Å². The van der Waals surface area contributed by atoms with Gasteiger partial charge in [-0.2, -0.15) is 0 Å². The van der Waals surface area contributed by atoms with Crippen molar-refractivity contribution in [1.82, 2.24) is 25.6 Å². The molecule has 2 aromatic rings. The van der Waals surface area contributed by atoms with Crippen LogP contribution in [0, 0.1) is 13.8 Å². The Morgan fingerprint density at radius 3 is 2.54 bits per heavy atom. The number of hydrogen-bond donors (Lipinski definition) is 2. The van der Waals surface area contributed by atoms with Crippen molar-refractivity contribution in [2.24, 2.45) is 0 Å². The first kappa shape index (κ1) is 20.1. The van der Waals surface area contributed by atoms with Gasteiger partial charge in [0.15, 0.2) is 5.69 Å². The Morgan fingerprint density at radius 1 is 1.17 bits per heavy atom. The van der Waals surface area contributed by atoms with E-state index in [-0.39, 0.29) is 18.3 Å². The first-order chi connectivity index (χ1) is 11.1. The van der Waals surface area contributed by atoms with Crippen LogP contribution >= 0.6 is 12.4 Å². The van der Waals surface area contributed by atoms with E-state index in [9.17, 15) is 4.79 Å². The highest BCUT2D eigenvalue weighted by atomic mass is 35.5. The molecule has 0 aliphatic heterocycles. The summed E-state index contributed by atoms with van der Waals surface area (Å²) in [4.78, 5) is 12.2. The Kier molecular flexibility index (Phi) is 8.39. The number of aryl methyl sites for hydroxylation is 1. The van der Waals surface area contributed by atoms with Crippen LogP contribution in [-0.4, -0.2) is 54.3 Å². The van der Waals surface area contributed by atoms with Crippen molar-refractivity contribution in [3.05, 3.63) is 41.2 Å². The molecule has 0 bridgehead atoms. The van der Waals surface area contributed by atoms with Crippen molar-refractivity contribution in [2.45, 2.75) is 13.8 Å². The molecule has 1 amide bonds. The third kappa shape index (κ3) is 5.30. The minimum Gasteiger partial charge on any atom is -0.383 e. The van der Waals surface area contributed by atoms with Gasteiger partial charge in [-0.05, 0) is 26.0 Å². The lowest BCUT2D eigenvalue weighted by molar-refractivity contribution is 0.0948. The third-order valence-corrected chi connectivity index (χ3v) is 3.46. The zero-order chi connectivity index (χ0) is 16.7. The van der Waals surface area contributed by atoms with E-state index in [1.807, 2.05) is 38.1 Å². The Labute approximate surface area is 148 Å². The predicted molar refractivity (Wildman–Crippen MR) is 95.2 cm³/mol. The molecule has 132 valence electrons. The molecule has 2 rings (SSSR count). The molecule has 1 heterocycles. The van der Waals surface area contributed by atoms with Crippen LogP contribution in [0.4, 0.5) is 0 Å². The SMILES string of the molecule is COCCNCCNC(=O)c1nnn(-c2ccc(C)cc2)c1C.Cl. The van der Waals surface area contributed by atoms with Gasteiger partial charge < -0.3 is 15.4 Å². The van der Waals surface area contributed by atoms with E-state index >= 15 is 0 Å². The summed E-state index contributed by atoms with van der Waals surface area (Å²) in [6.07, 6.45) is 0. The Hall–Kier alpha value is -1.96. The molecule has 0 aliphatic rings. The molecule has 24 heavy (non-hydrogen) atoms. The zero-order valence-corrected chi connectivity index (χ0v) is 15.0. The van der Waals surface area contributed by atoms with Gasteiger partial charge in [-0.1, -0.05) is 22.9 Å². The standard InChI is InChI=1S/C16H23N5O2.ClH/c1-12-4-6-14(7-5-12)21-13(2)15(19-20-21)16(22)18-9-8-17-10-11-23-3;/h4-7,17H,8-11H2,1-3H3,(H,18,22);1H. The quantitative estimate of drug-likeness (QED) is 0.698. The van der Waals surface area contributed by atoms with Crippen molar-refractivity contribution >= 4 is 18.3 Å².